The van der Waals surface area contributed by atoms with E-state index >= 15 is 0 Å². The summed E-state index contributed by atoms with van der Waals surface area (Å²) in [6.45, 7) is 3.28. The highest BCUT2D eigenvalue weighted by atomic mass is 19.1. The molecule has 0 aliphatic heterocycles. The lowest BCUT2D eigenvalue weighted by atomic mass is 9.85. The highest BCUT2D eigenvalue weighted by Gasteiger charge is 2.36. The Hall–Kier alpha value is -2.09. The first-order chi connectivity index (χ1) is 8.96. The Bertz CT molecular complexity index is 510. The molecule has 0 aliphatic carbocycles. The van der Waals surface area contributed by atoms with Crippen LogP contribution in [-0.4, -0.2) is 19.7 Å². The van der Waals surface area contributed by atoms with E-state index in [-0.39, 0.29) is 18.6 Å². The van der Waals surface area contributed by atoms with Gasteiger partial charge >= 0.3 is 5.97 Å². The maximum atomic E-state index is 13.8. The molecule has 0 N–H and O–H groups in total. The van der Waals surface area contributed by atoms with Crippen molar-refractivity contribution in [2.45, 2.75) is 20.3 Å². The van der Waals surface area contributed by atoms with Crippen molar-refractivity contribution in [2.24, 2.45) is 5.41 Å². The molecule has 1 rings (SSSR count). The molecule has 19 heavy (non-hydrogen) atoms. The van der Waals surface area contributed by atoms with Crippen molar-refractivity contribution >= 4 is 5.97 Å². The summed E-state index contributed by atoms with van der Waals surface area (Å²) in [5.74, 6) is -0.770. The monoisotopic (exact) mass is 265 g/mol. The van der Waals surface area contributed by atoms with Crippen LogP contribution in [0.2, 0.25) is 0 Å². The van der Waals surface area contributed by atoms with E-state index in [0.717, 1.165) is 0 Å². The van der Waals surface area contributed by atoms with Gasteiger partial charge in [0.25, 0.3) is 0 Å². The number of methoxy groups -OCH3 is 1. The van der Waals surface area contributed by atoms with Crippen molar-refractivity contribution in [1.82, 2.24) is 0 Å². The first kappa shape index (κ1) is 15.0. The number of hydrogen-bond acceptors (Lipinski definition) is 4. The van der Waals surface area contributed by atoms with Gasteiger partial charge in [0.1, 0.15) is 11.6 Å². The van der Waals surface area contributed by atoms with Gasteiger partial charge in [0.2, 0.25) is 0 Å². The molecule has 1 unspecified atom stereocenters. The van der Waals surface area contributed by atoms with Crippen molar-refractivity contribution in [3.63, 3.8) is 0 Å². The average Bonchev–Trinajstić information content (AvgIpc) is 2.41. The van der Waals surface area contributed by atoms with E-state index in [0.29, 0.717) is 5.75 Å². The Balaban J connectivity index is 2.99. The van der Waals surface area contributed by atoms with Crippen molar-refractivity contribution in [3.8, 4) is 11.8 Å². The third kappa shape index (κ3) is 3.44. The molecular formula is C14H16FNO3. The third-order valence-corrected chi connectivity index (χ3v) is 2.78. The standard InChI is InChI=1S/C14H16FNO3/c1-4-19-13(17)14(2,9-16)8-10-5-6-11(18-3)7-12(10)15/h5-7H,4,8H2,1-3H3. The summed E-state index contributed by atoms with van der Waals surface area (Å²) >= 11 is 0. The summed E-state index contributed by atoms with van der Waals surface area (Å²) in [7, 11) is 1.44. The number of hydrogen-bond donors (Lipinski definition) is 0. The van der Waals surface area contributed by atoms with Gasteiger partial charge in [-0.3, -0.25) is 4.79 Å². The van der Waals surface area contributed by atoms with Gasteiger partial charge in [-0.2, -0.15) is 5.26 Å². The quantitative estimate of drug-likeness (QED) is 0.767. The topological polar surface area (TPSA) is 59.3 Å². The molecule has 1 atom stereocenters. The average molecular weight is 265 g/mol. The Morgan fingerprint density at radius 2 is 2.21 bits per heavy atom. The molecule has 4 nitrogen and oxygen atoms in total. The van der Waals surface area contributed by atoms with E-state index in [2.05, 4.69) is 0 Å². The molecule has 0 amide bonds. The summed E-state index contributed by atoms with van der Waals surface area (Å²) in [5, 5.41) is 9.14. The molecule has 0 spiro atoms. The van der Waals surface area contributed by atoms with Crippen LogP contribution in [0, 0.1) is 22.6 Å². The van der Waals surface area contributed by atoms with Crippen LogP contribution in [0.25, 0.3) is 0 Å². The van der Waals surface area contributed by atoms with Crippen molar-refractivity contribution in [3.05, 3.63) is 29.6 Å². The highest BCUT2D eigenvalue weighted by molar-refractivity contribution is 5.80. The summed E-state index contributed by atoms with van der Waals surface area (Å²) in [5.41, 5.74) is -1.12. The fraction of sp³-hybridized carbons (Fsp3) is 0.429. The van der Waals surface area contributed by atoms with E-state index in [1.54, 1.807) is 13.0 Å². The zero-order valence-corrected chi connectivity index (χ0v) is 11.2. The molecule has 0 heterocycles. The predicted molar refractivity (Wildman–Crippen MR) is 67.0 cm³/mol. The van der Waals surface area contributed by atoms with Crippen molar-refractivity contribution in [1.29, 1.82) is 5.26 Å². The molecule has 0 saturated heterocycles. The van der Waals surface area contributed by atoms with Gasteiger partial charge in [0.15, 0.2) is 5.41 Å². The van der Waals surface area contributed by atoms with Crippen LogP contribution in [0.1, 0.15) is 19.4 Å². The second-order valence-corrected chi connectivity index (χ2v) is 4.30. The molecule has 1 aromatic carbocycles. The third-order valence-electron chi connectivity index (χ3n) is 2.78. The van der Waals surface area contributed by atoms with E-state index in [1.807, 2.05) is 6.07 Å². The number of halogens is 1. The number of benzene rings is 1. The minimum Gasteiger partial charge on any atom is -0.497 e. The summed E-state index contributed by atoms with van der Waals surface area (Å²) in [6, 6.07) is 6.20. The smallest absolute Gasteiger partial charge is 0.326 e. The fourth-order valence-electron chi connectivity index (χ4n) is 1.63. The number of rotatable bonds is 5. The number of nitriles is 1. The normalized spacial score (nSPS) is 13.2. The lowest BCUT2D eigenvalue weighted by Gasteiger charge is -2.19. The summed E-state index contributed by atoms with van der Waals surface area (Å²) in [4.78, 5) is 11.7. The van der Waals surface area contributed by atoms with Gasteiger partial charge in [-0.15, -0.1) is 0 Å². The maximum Gasteiger partial charge on any atom is 0.326 e. The molecule has 1 aromatic rings. The second kappa shape index (κ2) is 6.19. The fourth-order valence-corrected chi connectivity index (χ4v) is 1.63. The molecule has 0 aliphatic rings. The molecule has 0 aromatic heterocycles. The van der Waals surface area contributed by atoms with Gasteiger partial charge < -0.3 is 9.47 Å². The summed E-state index contributed by atoms with van der Waals surface area (Å²) in [6.07, 6.45) is -0.0435. The Labute approximate surface area is 111 Å². The Kier molecular flexibility index (Phi) is 4.87. The molecule has 0 bridgehead atoms. The first-order valence-electron chi connectivity index (χ1n) is 5.87. The zero-order valence-electron chi connectivity index (χ0n) is 11.2. The van der Waals surface area contributed by atoms with Crippen molar-refractivity contribution in [2.75, 3.05) is 13.7 Å². The molecule has 5 heteroatoms. The lowest BCUT2D eigenvalue weighted by Crippen LogP contribution is -2.31. The van der Waals surface area contributed by atoms with Crippen LogP contribution in [0.15, 0.2) is 18.2 Å². The Morgan fingerprint density at radius 3 is 2.68 bits per heavy atom. The van der Waals surface area contributed by atoms with Crippen LogP contribution < -0.4 is 4.74 Å². The SMILES string of the molecule is CCOC(=O)C(C)(C#N)Cc1ccc(OC)cc1F. The minimum atomic E-state index is -1.40. The largest absolute Gasteiger partial charge is 0.497 e. The van der Waals surface area contributed by atoms with Crippen molar-refractivity contribution < 1.29 is 18.7 Å². The Morgan fingerprint density at radius 1 is 1.53 bits per heavy atom. The number of carbonyl (C=O) groups excluding carboxylic acids is 1. The van der Waals surface area contributed by atoms with E-state index < -0.39 is 17.2 Å². The predicted octanol–water partition coefficient (Wildman–Crippen LogP) is 2.47. The number of nitrogens with zero attached hydrogens (tertiary/aromatic N) is 1. The summed E-state index contributed by atoms with van der Waals surface area (Å²) < 4.78 is 23.6. The molecular weight excluding hydrogens is 249 g/mol. The minimum absolute atomic E-state index is 0.0435. The molecule has 0 radical (unpaired) electrons. The van der Waals surface area contributed by atoms with Gasteiger partial charge in [-0.1, -0.05) is 6.07 Å². The highest BCUT2D eigenvalue weighted by Crippen LogP contribution is 2.26. The number of esters is 1. The molecule has 0 saturated carbocycles. The van der Waals surface area contributed by atoms with E-state index in [9.17, 15) is 9.18 Å². The zero-order chi connectivity index (χ0) is 14.5. The van der Waals surface area contributed by atoms with Crippen LogP contribution >= 0.6 is 0 Å². The van der Waals surface area contributed by atoms with Crippen LogP contribution in [0.3, 0.4) is 0 Å². The van der Waals surface area contributed by atoms with Crippen LogP contribution in [0.5, 0.6) is 5.75 Å². The van der Waals surface area contributed by atoms with Gasteiger partial charge in [0, 0.05) is 12.5 Å². The first-order valence-corrected chi connectivity index (χ1v) is 5.87. The molecule has 0 fully saturated rings. The number of ether oxygens (including phenoxy) is 2. The number of carbonyl (C=O) groups is 1. The van der Waals surface area contributed by atoms with E-state index in [1.165, 1.54) is 26.2 Å². The van der Waals surface area contributed by atoms with Gasteiger partial charge in [0.05, 0.1) is 19.8 Å². The molecule has 102 valence electrons. The van der Waals surface area contributed by atoms with Gasteiger partial charge in [-0.05, 0) is 25.5 Å². The van der Waals surface area contributed by atoms with Crippen LogP contribution in [-0.2, 0) is 16.0 Å². The second-order valence-electron chi connectivity index (χ2n) is 4.30. The van der Waals surface area contributed by atoms with Gasteiger partial charge in [-0.25, -0.2) is 4.39 Å². The van der Waals surface area contributed by atoms with Crippen LogP contribution in [0.4, 0.5) is 4.39 Å². The van der Waals surface area contributed by atoms with E-state index in [4.69, 9.17) is 14.7 Å². The lowest BCUT2D eigenvalue weighted by molar-refractivity contribution is -0.151. The maximum absolute atomic E-state index is 13.8.